The topological polar surface area (TPSA) is 92.9 Å². The van der Waals surface area contributed by atoms with Gasteiger partial charge in [-0.25, -0.2) is 14.5 Å². The predicted molar refractivity (Wildman–Crippen MR) is 114 cm³/mol. The highest BCUT2D eigenvalue weighted by molar-refractivity contribution is 5.91. The normalized spacial score (nSPS) is 13.5. The van der Waals surface area contributed by atoms with Crippen LogP contribution in [0, 0.1) is 6.92 Å². The number of aromatic nitrogens is 4. The molecule has 0 unspecified atom stereocenters. The van der Waals surface area contributed by atoms with Gasteiger partial charge in [0.25, 0.3) is 5.95 Å². The summed E-state index contributed by atoms with van der Waals surface area (Å²) in [4.78, 5) is 20.6. The van der Waals surface area contributed by atoms with Gasteiger partial charge in [0.05, 0.1) is 17.3 Å². The van der Waals surface area contributed by atoms with Crippen molar-refractivity contribution in [1.29, 1.82) is 0 Å². The smallest absolute Gasteiger partial charge is 0.338 e. The Kier molecular flexibility index (Phi) is 4.43. The van der Waals surface area contributed by atoms with Gasteiger partial charge in [-0.3, -0.25) is 0 Å². The number of aryl methyl sites for hydroxylation is 1. The highest BCUT2D eigenvalue weighted by atomic mass is 16.4. The second kappa shape index (κ2) is 7.26. The van der Waals surface area contributed by atoms with Crippen LogP contribution in [0.1, 0.15) is 39.9 Å². The number of nitrogens with zero attached hydrogens (tertiary/aromatic N) is 4. The van der Waals surface area contributed by atoms with Gasteiger partial charge in [0.2, 0.25) is 0 Å². The summed E-state index contributed by atoms with van der Waals surface area (Å²) in [5.74, 6) is 0.0901. The maximum atomic E-state index is 11.2. The molecular weight excluding hydrogens is 378 g/mol. The first-order valence-electron chi connectivity index (χ1n) is 9.97. The van der Waals surface area contributed by atoms with Crippen LogP contribution < -0.4 is 5.32 Å². The first kappa shape index (κ1) is 18.3. The number of anilines is 1. The second-order valence-corrected chi connectivity index (χ2v) is 7.73. The molecule has 7 heteroatoms. The van der Waals surface area contributed by atoms with E-state index in [9.17, 15) is 9.90 Å². The quantitative estimate of drug-likeness (QED) is 0.509. The first-order chi connectivity index (χ1) is 14.6. The van der Waals surface area contributed by atoms with E-state index in [0.717, 1.165) is 41.5 Å². The molecule has 1 aliphatic rings. The fourth-order valence-corrected chi connectivity index (χ4v) is 3.50. The summed E-state index contributed by atoms with van der Waals surface area (Å²) in [5.41, 5.74) is 4.55. The standard InChI is InChI=1S/C23H21N5O2/c1-14-9-20-19(11-16(14)10-15-5-3-2-4-6-15)21(25-18-7-8-18)27-23(26-20)28-13-17(12-24-28)22(29)30/h2-6,9,11-13,18H,7-8,10H2,1H3,(H,29,30)(H,25,26,27). The van der Waals surface area contributed by atoms with Crippen molar-refractivity contribution in [3.8, 4) is 5.95 Å². The molecule has 30 heavy (non-hydrogen) atoms. The Labute approximate surface area is 173 Å². The summed E-state index contributed by atoms with van der Waals surface area (Å²) in [6.07, 6.45) is 5.82. The highest BCUT2D eigenvalue weighted by Gasteiger charge is 2.23. The van der Waals surface area contributed by atoms with Crippen LogP contribution in [0.15, 0.2) is 54.9 Å². The van der Waals surface area contributed by atoms with E-state index in [4.69, 9.17) is 0 Å². The zero-order valence-electron chi connectivity index (χ0n) is 16.5. The Bertz CT molecular complexity index is 1250. The van der Waals surface area contributed by atoms with Crippen LogP contribution in [0.5, 0.6) is 0 Å². The number of rotatable bonds is 6. The third-order valence-electron chi connectivity index (χ3n) is 5.33. The number of carboxylic acid groups (broad SMARTS) is 1. The van der Waals surface area contributed by atoms with Gasteiger partial charge in [-0.2, -0.15) is 10.1 Å². The minimum atomic E-state index is -1.03. The number of aromatic carboxylic acids is 1. The lowest BCUT2D eigenvalue weighted by atomic mass is 9.98. The molecule has 2 aromatic carbocycles. The van der Waals surface area contributed by atoms with Crippen LogP contribution in [0.3, 0.4) is 0 Å². The SMILES string of the molecule is Cc1cc2nc(-n3cc(C(=O)O)cn3)nc(NC3CC3)c2cc1Cc1ccccc1. The van der Waals surface area contributed by atoms with E-state index in [-0.39, 0.29) is 5.56 Å². The van der Waals surface area contributed by atoms with Crippen LogP contribution in [-0.4, -0.2) is 36.9 Å². The number of carbonyl (C=O) groups is 1. The average Bonchev–Trinajstić information content (AvgIpc) is 3.40. The van der Waals surface area contributed by atoms with Crippen molar-refractivity contribution in [1.82, 2.24) is 19.7 Å². The van der Waals surface area contributed by atoms with Gasteiger partial charge in [0, 0.05) is 17.6 Å². The molecule has 4 aromatic rings. The minimum Gasteiger partial charge on any atom is -0.478 e. The molecule has 0 aliphatic heterocycles. The number of hydrogen-bond donors (Lipinski definition) is 2. The Balaban J connectivity index is 1.61. The van der Waals surface area contributed by atoms with Crippen molar-refractivity contribution in [2.24, 2.45) is 0 Å². The summed E-state index contributed by atoms with van der Waals surface area (Å²) < 4.78 is 1.41. The molecule has 7 nitrogen and oxygen atoms in total. The second-order valence-electron chi connectivity index (χ2n) is 7.73. The fourth-order valence-electron chi connectivity index (χ4n) is 3.50. The average molecular weight is 399 g/mol. The molecule has 2 heterocycles. The third-order valence-corrected chi connectivity index (χ3v) is 5.33. The van der Waals surface area contributed by atoms with E-state index >= 15 is 0 Å². The molecule has 0 saturated heterocycles. The zero-order valence-corrected chi connectivity index (χ0v) is 16.5. The monoisotopic (exact) mass is 399 g/mol. The van der Waals surface area contributed by atoms with Crippen molar-refractivity contribution < 1.29 is 9.90 Å². The largest absolute Gasteiger partial charge is 0.478 e. The van der Waals surface area contributed by atoms with E-state index in [1.807, 2.05) is 6.07 Å². The number of nitrogens with one attached hydrogen (secondary N) is 1. The Morgan fingerprint density at radius 1 is 1.20 bits per heavy atom. The van der Waals surface area contributed by atoms with Crippen LogP contribution >= 0.6 is 0 Å². The summed E-state index contributed by atoms with van der Waals surface area (Å²) in [5, 5.41) is 17.8. The van der Waals surface area contributed by atoms with Gasteiger partial charge in [-0.1, -0.05) is 30.3 Å². The first-order valence-corrected chi connectivity index (χ1v) is 9.97. The lowest BCUT2D eigenvalue weighted by molar-refractivity contribution is 0.0697. The number of hydrogen-bond acceptors (Lipinski definition) is 5. The Morgan fingerprint density at radius 2 is 2.00 bits per heavy atom. The van der Waals surface area contributed by atoms with Crippen LogP contribution in [0.2, 0.25) is 0 Å². The zero-order chi connectivity index (χ0) is 20.7. The molecule has 5 rings (SSSR count). The fraction of sp³-hybridized carbons (Fsp3) is 0.217. The molecule has 0 bridgehead atoms. The van der Waals surface area contributed by atoms with Gasteiger partial charge in [0.1, 0.15) is 5.82 Å². The van der Waals surface area contributed by atoms with E-state index in [0.29, 0.717) is 12.0 Å². The molecule has 2 aromatic heterocycles. The van der Waals surface area contributed by atoms with E-state index in [1.54, 1.807) is 0 Å². The summed E-state index contributed by atoms with van der Waals surface area (Å²) in [6.45, 7) is 2.09. The molecular formula is C23H21N5O2. The van der Waals surface area contributed by atoms with Gasteiger partial charge < -0.3 is 10.4 Å². The van der Waals surface area contributed by atoms with E-state index in [1.165, 1.54) is 28.2 Å². The number of carboxylic acids is 1. The maximum Gasteiger partial charge on any atom is 0.338 e. The molecule has 1 saturated carbocycles. The lowest BCUT2D eigenvalue weighted by Crippen LogP contribution is -2.09. The summed E-state index contributed by atoms with van der Waals surface area (Å²) in [7, 11) is 0. The molecule has 0 amide bonds. The molecule has 2 N–H and O–H groups in total. The Morgan fingerprint density at radius 3 is 2.70 bits per heavy atom. The van der Waals surface area contributed by atoms with Crippen LogP contribution in [0.4, 0.5) is 5.82 Å². The van der Waals surface area contributed by atoms with E-state index in [2.05, 4.69) is 63.7 Å². The van der Waals surface area contributed by atoms with Crippen molar-refractivity contribution in [2.75, 3.05) is 5.32 Å². The number of fused-ring (bicyclic) bond motifs is 1. The van der Waals surface area contributed by atoms with E-state index < -0.39 is 5.97 Å². The molecule has 150 valence electrons. The number of benzene rings is 2. The lowest BCUT2D eigenvalue weighted by Gasteiger charge is -2.13. The molecule has 0 radical (unpaired) electrons. The maximum absolute atomic E-state index is 11.2. The van der Waals surface area contributed by atoms with Crippen molar-refractivity contribution >= 4 is 22.7 Å². The predicted octanol–water partition coefficient (Wildman–Crippen LogP) is 3.99. The molecule has 1 fully saturated rings. The Hall–Kier alpha value is -3.74. The summed E-state index contributed by atoms with van der Waals surface area (Å²) in [6, 6.07) is 15.0. The van der Waals surface area contributed by atoms with Crippen LogP contribution in [-0.2, 0) is 6.42 Å². The third kappa shape index (κ3) is 3.61. The van der Waals surface area contributed by atoms with Crippen molar-refractivity contribution in [3.63, 3.8) is 0 Å². The van der Waals surface area contributed by atoms with Gasteiger partial charge in [-0.15, -0.1) is 0 Å². The van der Waals surface area contributed by atoms with Gasteiger partial charge in [-0.05, 0) is 55.0 Å². The van der Waals surface area contributed by atoms with Gasteiger partial charge in [0.15, 0.2) is 0 Å². The van der Waals surface area contributed by atoms with Gasteiger partial charge >= 0.3 is 5.97 Å². The van der Waals surface area contributed by atoms with Crippen molar-refractivity contribution in [2.45, 2.75) is 32.2 Å². The molecule has 0 spiro atoms. The minimum absolute atomic E-state index is 0.102. The summed E-state index contributed by atoms with van der Waals surface area (Å²) >= 11 is 0. The van der Waals surface area contributed by atoms with Crippen LogP contribution in [0.25, 0.3) is 16.9 Å². The molecule has 0 atom stereocenters. The highest BCUT2D eigenvalue weighted by Crippen LogP contribution is 2.31. The molecule has 1 aliphatic carbocycles. The van der Waals surface area contributed by atoms with Crippen molar-refractivity contribution in [3.05, 3.63) is 77.1 Å².